The SMILES string of the molecule is CCN(CC(C)(C)C)[C@H](CO)C(=O)O. The highest BCUT2D eigenvalue weighted by atomic mass is 16.4. The van der Waals surface area contributed by atoms with Gasteiger partial charge in [-0.3, -0.25) is 9.69 Å². The summed E-state index contributed by atoms with van der Waals surface area (Å²) in [7, 11) is 0. The highest BCUT2D eigenvalue weighted by molar-refractivity contribution is 5.73. The summed E-state index contributed by atoms with van der Waals surface area (Å²) in [6, 6.07) is -0.778. The third-order valence-corrected chi connectivity index (χ3v) is 1.98. The van der Waals surface area contributed by atoms with Crippen molar-refractivity contribution in [2.45, 2.75) is 33.7 Å². The maximum Gasteiger partial charge on any atom is 0.323 e. The van der Waals surface area contributed by atoms with Gasteiger partial charge in [-0.25, -0.2) is 0 Å². The van der Waals surface area contributed by atoms with E-state index in [1.807, 2.05) is 27.7 Å². The van der Waals surface area contributed by atoms with Crippen molar-refractivity contribution in [3.05, 3.63) is 0 Å². The first-order valence-corrected chi connectivity index (χ1v) is 4.89. The molecule has 0 saturated heterocycles. The fourth-order valence-electron chi connectivity index (χ4n) is 1.40. The molecular weight excluding hydrogens is 182 g/mol. The van der Waals surface area contributed by atoms with Crippen molar-refractivity contribution in [2.24, 2.45) is 5.41 Å². The third-order valence-electron chi connectivity index (χ3n) is 1.98. The number of hydrogen-bond donors (Lipinski definition) is 2. The van der Waals surface area contributed by atoms with E-state index in [9.17, 15) is 4.79 Å². The topological polar surface area (TPSA) is 60.8 Å². The molecule has 0 fully saturated rings. The number of aliphatic hydroxyl groups excluding tert-OH is 1. The van der Waals surface area contributed by atoms with Crippen molar-refractivity contribution in [1.29, 1.82) is 0 Å². The van der Waals surface area contributed by atoms with Gasteiger partial charge in [0.15, 0.2) is 0 Å². The predicted molar refractivity (Wildman–Crippen MR) is 55.2 cm³/mol. The number of carboxylic acids is 1. The minimum atomic E-state index is -0.960. The fourth-order valence-corrected chi connectivity index (χ4v) is 1.40. The molecule has 4 nitrogen and oxygen atoms in total. The molecule has 0 radical (unpaired) electrons. The van der Waals surface area contributed by atoms with Crippen LogP contribution in [0.5, 0.6) is 0 Å². The zero-order chi connectivity index (χ0) is 11.4. The first-order chi connectivity index (χ1) is 6.31. The van der Waals surface area contributed by atoms with Gasteiger partial charge in [-0.1, -0.05) is 27.7 Å². The van der Waals surface area contributed by atoms with E-state index in [2.05, 4.69) is 0 Å². The first kappa shape index (κ1) is 13.4. The summed E-state index contributed by atoms with van der Waals surface area (Å²) in [5.41, 5.74) is 0.0406. The normalized spacial score (nSPS) is 14.4. The fraction of sp³-hybridized carbons (Fsp3) is 0.900. The molecule has 0 spiro atoms. The molecule has 1 atom stereocenters. The molecule has 0 rings (SSSR count). The number of aliphatic carboxylic acids is 1. The molecule has 0 amide bonds. The van der Waals surface area contributed by atoms with Gasteiger partial charge in [0.2, 0.25) is 0 Å². The second-order valence-electron chi connectivity index (χ2n) is 4.66. The van der Waals surface area contributed by atoms with Crippen LogP contribution in [0.4, 0.5) is 0 Å². The van der Waals surface area contributed by atoms with Crippen molar-refractivity contribution in [1.82, 2.24) is 4.90 Å². The zero-order valence-corrected chi connectivity index (χ0v) is 9.45. The highest BCUT2D eigenvalue weighted by Gasteiger charge is 2.26. The van der Waals surface area contributed by atoms with Crippen LogP contribution < -0.4 is 0 Å². The van der Waals surface area contributed by atoms with Crippen molar-refractivity contribution in [2.75, 3.05) is 19.7 Å². The number of aliphatic hydroxyl groups is 1. The second kappa shape index (κ2) is 5.32. The lowest BCUT2D eigenvalue weighted by atomic mass is 9.95. The van der Waals surface area contributed by atoms with Gasteiger partial charge in [-0.2, -0.15) is 0 Å². The molecule has 0 aliphatic heterocycles. The monoisotopic (exact) mass is 203 g/mol. The summed E-state index contributed by atoms with van der Waals surface area (Å²) in [5, 5.41) is 17.8. The van der Waals surface area contributed by atoms with Gasteiger partial charge in [-0.15, -0.1) is 0 Å². The van der Waals surface area contributed by atoms with Gasteiger partial charge < -0.3 is 10.2 Å². The average Bonchev–Trinajstić information content (AvgIpc) is 2.00. The summed E-state index contributed by atoms with van der Waals surface area (Å²) < 4.78 is 0. The third kappa shape index (κ3) is 4.58. The average molecular weight is 203 g/mol. The Morgan fingerprint density at radius 3 is 2.14 bits per heavy atom. The zero-order valence-electron chi connectivity index (χ0n) is 9.45. The van der Waals surface area contributed by atoms with Crippen LogP contribution in [0.3, 0.4) is 0 Å². The Hall–Kier alpha value is -0.610. The highest BCUT2D eigenvalue weighted by Crippen LogP contribution is 2.16. The molecule has 84 valence electrons. The van der Waals surface area contributed by atoms with Crippen molar-refractivity contribution >= 4 is 5.97 Å². The van der Waals surface area contributed by atoms with E-state index in [1.54, 1.807) is 4.90 Å². The van der Waals surface area contributed by atoms with Gasteiger partial charge >= 0.3 is 5.97 Å². The Balaban J connectivity index is 4.45. The summed E-state index contributed by atoms with van der Waals surface area (Å²) in [6.07, 6.45) is 0. The quantitative estimate of drug-likeness (QED) is 0.694. The number of nitrogens with zero attached hydrogens (tertiary/aromatic N) is 1. The molecule has 4 heteroatoms. The summed E-state index contributed by atoms with van der Waals surface area (Å²) in [5.74, 6) is -0.960. The maximum absolute atomic E-state index is 10.8. The molecule has 0 aliphatic carbocycles. The number of likely N-dealkylation sites (N-methyl/N-ethyl adjacent to an activating group) is 1. The number of hydrogen-bond acceptors (Lipinski definition) is 3. The molecule has 0 aromatic rings. The van der Waals surface area contributed by atoms with Gasteiger partial charge in [-0.05, 0) is 12.0 Å². The molecule has 14 heavy (non-hydrogen) atoms. The van der Waals surface area contributed by atoms with Crippen LogP contribution in [0.2, 0.25) is 0 Å². The summed E-state index contributed by atoms with van der Waals surface area (Å²) >= 11 is 0. The van der Waals surface area contributed by atoms with Crippen LogP contribution in [0.25, 0.3) is 0 Å². The minimum Gasteiger partial charge on any atom is -0.480 e. The smallest absolute Gasteiger partial charge is 0.323 e. The van der Waals surface area contributed by atoms with Crippen molar-refractivity contribution < 1.29 is 15.0 Å². The van der Waals surface area contributed by atoms with Crippen LogP contribution in [0.15, 0.2) is 0 Å². The molecule has 0 aromatic heterocycles. The number of carboxylic acid groups (broad SMARTS) is 1. The maximum atomic E-state index is 10.8. The lowest BCUT2D eigenvalue weighted by molar-refractivity contribution is -0.145. The van der Waals surface area contributed by atoms with E-state index in [0.717, 1.165) is 0 Å². The molecule has 2 N–H and O–H groups in total. The van der Waals surface area contributed by atoms with E-state index in [1.165, 1.54) is 0 Å². The van der Waals surface area contributed by atoms with E-state index in [0.29, 0.717) is 13.1 Å². The minimum absolute atomic E-state index is 0.0406. The summed E-state index contributed by atoms with van der Waals surface area (Å²) in [4.78, 5) is 12.6. The van der Waals surface area contributed by atoms with Gasteiger partial charge in [0.05, 0.1) is 6.61 Å². The molecular formula is C10H21NO3. The van der Waals surface area contributed by atoms with Crippen LogP contribution in [0.1, 0.15) is 27.7 Å². The molecule has 0 heterocycles. The molecule has 0 aromatic carbocycles. The van der Waals surface area contributed by atoms with E-state index in [-0.39, 0.29) is 12.0 Å². The van der Waals surface area contributed by atoms with E-state index < -0.39 is 12.0 Å². The largest absolute Gasteiger partial charge is 0.480 e. The van der Waals surface area contributed by atoms with Crippen molar-refractivity contribution in [3.8, 4) is 0 Å². The molecule has 0 aliphatic rings. The Morgan fingerprint density at radius 2 is 1.93 bits per heavy atom. The Labute approximate surface area is 85.5 Å². The van der Waals surface area contributed by atoms with Crippen LogP contribution in [-0.2, 0) is 4.79 Å². The van der Waals surface area contributed by atoms with Crippen molar-refractivity contribution in [3.63, 3.8) is 0 Å². The Bertz CT molecular complexity index is 186. The van der Waals surface area contributed by atoms with Crippen LogP contribution >= 0.6 is 0 Å². The number of carbonyl (C=O) groups is 1. The second-order valence-corrected chi connectivity index (χ2v) is 4.66. The molecule has 0 saturated carbocycles. The van der Waals surface area contributed by atoms with Crippen LogP contribution in [-0.4, -0.2) is 46.8 Å². The van der Waals surface area contributed by atoms with Crippen LogP contribution in [0, 0.1) is 5.41 Å². The van der Waals surface area contributed by atoms with E-state index >= 15 is 0 Å². The van der Waals surface area contributed by atoms with Gasteiger partial charge in [0.25, 0.3) is 0 Å². The molecule has 0 unspecified atom stereocenters. The predicted octanol–water partition coefficient (Wildman–Crippen LogP) is 0.800. The Kier molecular flexibility index (Phi) is 5.08. The lowest BCUT2D eigenvalue weighted by Gasteiger charge is -2.32. The van der Waals surface area contributed by atoms with E-state index in [4.69, 9.17) is 10.2 Å². The van der Waals surface area contributed by atoms with Gasteiger partial charge in [0, 0.05) is 6.54 Å². The standard InChI is InChI=1S/C10H21NO3/c1-5-11(7-10(2,3)4)8(6-12)9(13)14/h8,12H,5-7H2,1-4H3,(H,13,14)/t8-/m1/s1. The molecule has 0 bridgehead atoms. The lowest BCUT2D eigenvalue weighted by Crippen LogP contribution is -2.47. The Morgan fingerprint density at radius 1 is 1.43 bits per heavy atom. The summed E-state index contributed by atoms with van der Waals surface area (Å²) in [6.45, 7) is 9.01. The van der Waals surface area contributed by atoms with Gasteiger partial charge in [0.1, 0.15) is 6.04 Å². The number of rotatable bonds is 5. The first-order valence-electron chi connectivity index (χ1n) is 4.89.